The Labute approximate surface area is 237 Å². The first-order valence-corrected chi connectivity index (χ1v) is 14.8. The Kier molecular flexibility index (Phi) is 11.0. The van der Waals surface area contributed by atoms with Crippen LogP contribution in [0.1, 0.15) is 54.4 Å². The molecule has 1 aromatic carbocycles. The number of aromatic carboxylic acids is 1. The van der Waals surface area contributed by atoms with E-state index in [9.17, 15) is 31.5 Å². The van der Waals surface area contributed by atoms with Gasteiger partial charge in [-0.3, -0.25) is 4.72 Å². The van der Waals surface area contributed by atoms with E-state index < -0.39 is 28.1 Å². The number of aromatic nitrogens is 1. The highest BCUT2D eigenvalue weighted by molar-refractivity contribution is 7.92. The number of anilines is 2. The lowest BCUT2D eigenvalue weighted by molar-refractivity contribution is -0.192. The number of halogens is 3. The van der Waals surface area contributed by atoms with Crippen LogP contribution >= 0.6 is 0 Å². The molecule has 0 spiro atoms. The number of sulfonamides is 1. The lowest BCUT2D eigenvalue weighted by atomic mass is 9.93. The predicted molar refractivity (Wildman–Crippen MR) is 147 cm³/mol. The summed E-state index contributed by atoms with van der Waals surface area (Å²) in [6.45, 7) is 6.90. The molecular formula is C27H35F3N4O6S. The van der Waals surface area contributed by atoms with Crippen LogP contribution in [0.25, 0.3) is 0 Å². The molecule has 10 nitrogen and oxygen atoms in total. The SMILES string of the molecule is Cc1cccc(S(=O)(=O)Nc2cnc(N3CCC(CCN4CCCCC4)CC3)c(C(=O)O)c2)c1.O=C(O)C(F)(F)F. The van der Waals surface area contributed by atoms with E-state index in [1.807, 2.05) is 17.9 Å². The second-order valence-electron chi connectivity index (χ2n) is 10.2. The van der Waals surface area contributed by atoms with E-state index in [0.717, 1.165) is 38.0 Å². The number of hydrogen-bond acceptors (Lipinski definition) is 7. The number of hydrogen-bond donors (Lipinski definition) is 3. The first kappa shape index (κ1) is 32.1. The maximum atomic E-state index is 12.7. The minimum atomic E-state index is -5.08. The third-order valence-corrected chi connectivity index (χ3v) is 8.49. The molecule has 0 saturated carbocycles. The summed E-state index contributed by atoms with van der Waals surface area (Å²) >= 11 is 0. The highest BCUT2D eigenvalue weighted by Gasteiger charge is 2.38. The number of pyridine rings is 1. The zero-order valence-electron chi connectivity index (χ0n) is 22.7. The summed E-state index contributed by atoms with van der Waals surface area (Å²) in [5.41, 5.74) is 0.970. The molecule has 14 heteroatoms. The third-order valence-electron chi connectivity index (χ3n) is 7.11. The first-order valence-electron chi connectivity index (χ1n) is 13.4. The number of rotatable bonds is 8. The molecular weight excluding hydrogens is 565 g/mol. The Balaban J connectivity index is 0.000000587. The number of carbonyl (C=O) groups is 2. The molecule has 3 heterocycles. The van der Waals surface area contributed by atoms with Gasteiger partial charge in [0.05, 0.1) is 16.8 Å². The summed E-state index contributed by atoms with van der Waals surface area (Å²) in [6, 6.07) is 7.92. The average Bonchev–Trinajstić information content (AvgIpc) is 2.92. The molecule has 41 heavy (non-hydrogen) atoms. The Hall–Kier alpha value is -3.39. The molecule has 0 atom stereocenters. The normalized spacial score (nSPS) is 16.9. The van der Waals surface area contributed by atoms with Crippen LogP contribution in [0.3, 0.4) is 0 Å². The van der Waals surface area contributed by atoms with E-state index in [-0.39, 0.29) is 16.1 Å². The van der Waals surface area contributed by atoms with Crippen LogP contribution in [-0.4, -0.2) is 79.4 Å². The van der Waals surface area contributed by atoms with Gasteiger partial charge in [-0.1, -0.05) is 18.6 Å². The van der Waals surface area contributed by atoms with Crippen LogP contribution in [0.5, 0.6) is 0 Å². The van der Waals surface area contributed by atoms with Gasteiger partial charge < -0.3 is 20.0 Å². The van der Waals surface area contributed by atoms with Gasteiger partial charge in [-0.05, 0) is 88.3 Å². The van der Waals surface area contributed by atoms with Crippen LogP contribution in [0.15, 0.2) is 41.4 Å². The van der Waals surface area contributed by atoms with Crippen LogP contribution < -0.4 is 9.62 Å². The summed E-state index contributed by atoms with van der Waals surface area (Å²) in [5.74, 6) is -2.83. The summed E-state index contributed by atoms with van der Waals surface area (Å²) in [4.78, 5) is 30.0. The first-order chi connectivity index (χ1) is 19.3. The minimum absolute atomic E-state index is 0.0104. The zero-order valence-corrected chi connectivity index (χ0v) is 23.5. The monoisotopic (exact) mass is 600 g/mol. The number of benzene rings is 1. The van der Waals surface area contributed by atoms with Crippen molar-refractivity contribution in [1.29, 1.82) is 0 Å². The van der Waals surface area contributed by atoms with Crippen molar-refractivity contribution < 1.29 is 41.4 Å². The lowest BCUT2D eigenvalue weighted by Crippen LogP contribution is -2.37. The molecule has 0 unspecified atom stereocenters. The minimum Gasteiger partial charge on any atom is -0.478 e. The van der Waals surface area contributed by atoms with E-state index in [0.29, 0.717) is 11.7 Å². The molecule has 4 rings (SSSR count). The molecule has 2 aliphatic rings. The van der Waals surface area contributed by atoms with Crippen LogP contribution in [0.2, 0.25) is 0 Å². The Morgan fingerprint density at radius 3 is 2.24 bits per heavy atom. The molecule has 2 saturated heterocycles. The second kappa shape index (κ2) is 14.0. The average molecular weight is 601 g/mol. The maximum Gasteiger partial charge on any atom is 0.490 e. The molecule has 2 aromatic rings. The number of carboxylic acid groups (broad SMARTS) is 2. The van der Waals surface area contributed by atoms with Gasteiger partial charge in [-0.25, -0.2) is 23.0 Å². The van der Waals surface area contributed by atoms with E-state index in [1.54, 1.807) is 12.1 Å². The standard InChI is InChI=1S/C25H34N4O4S.C2HF3O2/c1-19-6-5-7-22(16-19)34(32,33)27-21-17-23(25(30)31)24(26-18-21)29-14-9-20(10-15-29)8-13-28-11-3-2-4-12-28;3-2(4,5)1(6)7/h5-7,16-18,20,27H,2-4,8-15H2,1H3,(H,30,31);(H,6,7). The highest BCUT2D eigenvalue weighted by atomic mass is 32.2. The van der Waals surface area contributed by atoms with Crippen molar-refractivity contribution in [2.24, 2.45) is 5.92 Å². The van der Waals surface area contributed by atoms with Crippen LogP contribution in [0, 0.1) is 12.8 Å². The van der Waals surface area contributed by atoms with Gasteiger partial charge >= 0.3 is 18.1 Å². The van der Waals surface area contributed by atoms with Crippen molar-refractivity contribution in [2.45, 2.75) is 56.5 Å². The van der Waals surface area contributed by atoms with Crippen molar-refractivity contribution >= 4 is 33.5 Å². The molecule has 2 fully saturated rings. The van der Waals surface area contributed by atoms with Gasteiger partial charge in [0.15, 0.2) is 0 Å². The van der Waals surface area contributed by atoms with E-state index in [4.69, 9.17) is 9.90 Å². The van der Waals surface area contributed by atoms with Crippen molar-refractivity contribution in [3.8, 4) is 0 Å². The van der Waals surface area contributed by atoms with Crippen molar-refractivity contribution in [1.82, 2.24) is 9.88 Å². The Bertz CT molecular complexity index is 1310. The zero-order chi connectivity index (χ0) is 30.2. The molecule has 2 aliphatic heterocycles. The van der Waals surface area contributed by atoms with Crippen molar-refractivity contribution in [3.05, 3.63) is 47.7 Å². The van der Waals surface area contributed by atoms with Gasteiger partial charge in [0.25, 0.3) is 10.0 Å². The molecule has 1 aromatic heterocycles. The molecule has 3 N–H and O–H groups in total. The van der Waals surface area contributed by atoms with Gasteiger partial charge in [-0.2, -0.15) is 13.2 Å². The fourth-order valence-corrected chi connectivity index (χ4v) is 6.04. The summed E-state index contributed by atoms with van der Waals surface area (Å²) in [5, 5.41) is 16.9. The number of nitrogens with one attached hydrogen (secondary N) is 1. The van der Waals surface area contributed by atoms with Gasteiger partial charge in [0.1, 0.15) is 11.4 Å². The highest BCUT2D eigenvalue weighted by Crippen LogP contribution is 2.29. The maximum absolute atomic E-state index is 12.7. The topological polar surface area (TPSA) is 140 Å². The van der Waals surface area contributed by atoms with E-state index in [2.05, 4.69) is 14.6 Å². The Morgan fingerprint density at radius 2 is 1.68 bits per heavy atom. The molecule has 0 amide bonds. The number of nitrogens with zero attached hydrogens (tertiary/aromatic N) is 3. The number of carboxylic acids is 2. The third kappa shape index (κ3) is 9.59. The summed E-state index contributed by atoms with van der Waals surface area (Å²) in [6.07, 6.45) is 3.48. The van der Waals surface area contributed by atoms with E-state index in [1.165, 1.54) is 57.1 Å². The molecule has 0 bridgehead atoms. The number of piperidine rings is 2. The van der Waals surface area contributed by atoms with Gasteiger partial charge in [0, 0.05) is 13.1 Å². The van der Waals surface area contributed by atoms with E-state index >= 15 is 0 Å². The number of alkyl halides is 3. The summed E-state index contributed by atoms with van der Waals surface area (Å²) < 4.78 is 59.7. The largest absolute Gasteiger partial charge is 0.490 e. The molecule has 0 radical (unpaired) electrons. The Morgan fingerprint density at radius 1 is 1.05 bits per heavy atom. The van der Waals surface area contributed by atoms with Crippen LogP contribution in [0.4, 0.5) is 24.7 Å². The number of likely N-dealkylation sites (tertiary alicyclic amines) is 1. The van der Waals surface area contributed by atoms with Crippen LogP contribution in [-0.2, 0) is 14.8 Å². The summed E-state index contributed by atoms with van der Waals surface area (Å²) in [7, 11) is -3.84. The fourth-order valence-electron chi connectivity index (χ4n) is 4.90. The predicted octanol–water partition coefficient (Wildman–Crippen LogP) is 4.61. The number of aliphatic carboxylic acids is 1. The molecule has 0 aliphatic carbocycles. The van der Waals surface area contributed by atoms with Crippen molar-refractivity contribution in [2.75, 3.05) is 42.3 Å². The van der Waals surface area contributed by atoms with Crippen molar-refractivity contribution in [3.63, 3.8) is 0 Å². The smallest absolute Gasteiger partial charge is 0.478 e. The molecule has 226 valence electrons. The lowest BCUT2D eigenvalue weighted by Gasteiger charge is -2.35. The van der Waals surface area contributed by atoms with Gasteiger partial charge in [-0.15, -0.1) is 0 Å². The number of aryl methyl sites for hydroxylation is 1. The quantitative estimate of drug-likeness (QED) is 0.396. The fraction of sp³-hybridized carbons (Fsp3) is 0.519. The second-order valence-corrected chi connectivity index (χ2v) is 11.9. The van der Waals surface area contributed by atoms with Gasteiger partial charge in [0.2, 0.25) is 0 Å².